The Labute approximate surface area is 145 Å². The molecule has 5 nitrogen and oxygen atoms in total. The fourth-order valence-corrected chi connectivity index (χ4v) is 4.28. The Hall–Kier alpha value is -2.08. The summed E-state index contributed by atoms with van der Waals surface area (Å²) in [6.45, 7) is 3.89. The molecule has 0 aliphatic carbocycles. The molecule has 0 saturated carbocycles. The number of ether oxygens (including phenoxy) is 2. The lowest BCUT2D eigenvalue weighted by Gasteiger charge is -2.32. The van der Waals surface area contributed by atoms with Crippen molar-refractivity contribution in [2.75, 3.05) is 19.9 Å². The molecule has 2 aliphatic heterocycles. The number of carbonyl (C=O) groups excluding carboxylic acids is 1. The van der Waals surface area contributed by atoms with Crippen molar-refractivity contribution in [2.24, 2.45) is 0 Å². The van der Waals surface area contributed by atoms with Gasteiger partial charge in [-0.05, 0) is 37.5 Å². The predicted molar refractivity (Wildman–Crippen MR) is 91.9 cm³/mol. The highest BCUT2D eigenvalue weighted by atomic mass is 32.1. The Balaban J connectivity index is 1.50. The second-order valence-electron chi connectivity index (χ2n) is 6.19. The van der Waals surface area contributed by atoms with Crippen molar-refractivity contribution in [3.8, 4) is 11.5 Å². The molecule has 1 aromatic heterocycles. The molecular weight excluding hydrogens is 324 g/mol. The Morgan fingerprint density at radius 2 is 2.25 bits per heavy atom. The summed E-state index contributed by atoms with van der Waals surface area (Å²) in [5.74, 6) is 1.77. The molecule has 1 atom stereocenters. The van der Waals surface area contributed by atoms with Crippen LogP contribution in [0.1, 0.15) is 46.7 Å². The minimum atomic E-state index is 0.0604. The van der Waals surface area contributed by atoms with Gasteiger partial charge in [0.2, 0.25) is 6.79 Å². The van der Waals surface area contributed by atoms with Gasteiger partial charge in [0.1, 0.15) is 0 Å². The van der Waals surface area contributed by atoms with E-state index in [0.29, 0.717) is 23.0 Å². The minimum absolute atomic E-state index is 0.0604. The number of benzene rings is 1. The van der Waals surface area contributed by atoms with Crippen LogP contribution in [0.5, 0.6) is 11.5 Å². The second kappa shape index (κ2) is 6.43. The van der Waals surface area contributed by atoms with Crippen LogP contribution >= 0.6 is 11.3 Å². The van der Waals surface area contributed by atoms with Crippen LogP contribution in [0.2, 0.25) is 0 Å². The summed E-state index contributed by atoms with van der Waals surface area (Å²) in [6, 6.07) is 5.41. The normalized spacial score (nSPS) is 19.5. The van der Waals surface area contributed by atoms with E-state index in [4.69, 9.17) is 14.5 Å². The van der Waals surface area contributed by atoms with Crippen molar-refractivity contribution in [2.45, 2.75) is 32.1 Å². The van der Waals surface area contributed by atoms with Gasteiger partial charge in [-0.2, -0.15) is 0 Å². The summed E-state index contributed by atoms with van der Waals surface area (Å²) in [6.07, 6.45) is 3.08. The quantitative estimate of drug-likeness (QED) is 0.856. The number of piperidine rings is 1. The standard InChI is InChI=1S/C18H20N2O3S/c1-2-14-10-24-17(19-14)13-4-3-7-20(9-13)18(21)12-5-6-15-16(8-12)23-11-22-15/h5-6,8,10,13H,2-4,7,9,11H2,1H3/t13-/m1/s1. The van der Waals surface area contributed by atoms with Crippen molar-refractivity contribution in [3.63, 3.8) is 0 Å². The van der Waals surface area contributed by atoms with Crippen molar-refractivity contribution in [3.05, 3.63) is 39.8 Å². The Bertz CT molecular complexity index is 758. The fourth-order valence-electron chi connectivity index (χ4n) is 3.25. The molecule has 1 fully saturated rings. The smallest absolute Gasteiger partial charge is 0.254 e. The molecular formula is C18H20N2O3S. The summed E-state index contributed by atoms with van der Waals surface area (Å²) in [5.41, 5.74) is 1.81. The van der Waals surface area contributed by atoms with E-state index in [1.165, 1.54) is 0 Å². The molecule has 0 unspecified atom stereocenters. The third-order valence-corrected chi connectivity index (χ3v) is 5.67. The van der Waals surface area contributed by atoms with Crippen LogP contribution in [-0.2, 0) is 6.42 Å². The zero-order valence-electron chi connectivity index (χ0n) is 13.7. The number of hydrogen-bond acceptors (Lipinski definition) is 5. The highest BCUT2D eigenvalue weighted by Crippen LogP contribution is 2.34. The SMILES string of the molecule is CCc1csc([C@@H]2CCCN(C(=O)c3ccc4c(c3)OCO4)C2)n1. The first-order valence-electron chi connectivity index (χ1n) is 8.38. The maximum atomic E-state index is 12.9. The zero-order chi connectivity index (χ0) is 16.5. The van der Waals surface area contributed by atoms with E-state index in [2.05, 4.69) is 12.3 Å². The maximum Gasteiger partial charge on any atom is 0.254 e. The predicted octanol–water partition coefficient (Wildman–Crippen LogP) is 3.45. The average Bonchev–Trinajstić information content (AvgIpc) is 3.29. The minimum Gasteiger partial charge on any atom is -0.454 e. The maximum absolute atomic E-state index is 12.9. The topological polar surface area (TPSA) is 51.7 Å². The van der Waals surface area contributed by atoms with Crippen LogP contribution in [0, 0.1) is 0 Å². The summed E-state index contributed by atoms with van der Waals surface area (Å²) in [5, 5.41) is 3.29. The van der Waals surface area contributed by atoms with Crippen LogP contribution in [0.15, 0.2) is 23.6 Å². The number of likely N-dealkylation sites (tertiary alicyclic amines) is 1. The highest BCUT2D eigenvalue weighted by molar-refractivity contribution is 7.09. The molecule has 1 saturated heterocycles. The Kier molecular flexibility index (Phi) is 4.14. The first kappa shape index (κ1) is 15.4. The second-order valence-corrected chi connectivity index (χ2v) is 7.08. The van der Waals surface area contributed by atoms with E-state index in [0.717, 1.165) is 43.1 Å². The summed E-state index contributed by atoms with van der Waals surface area (Å²) in [7, 11) is 0. The third-order valence-electron chi connectivity index (χ3n) is 4.61. The zero-order valence-corrected chi connectivity index (χ0v) is 14.5. The lowest BCUT2D eigenvalue weighted by atomic mass is 9.98. The van der Waals surface area contributed by atoms with Crippen LogP contribution in [0.3, 0.4) is 0 Å². The lowest BCUT2D eigenvalue weighted by Crippen LogP contribution is -2.39. The summed E-state index contributed by atoms with van der Waals surface area (Å²) < 4.78 is 10.7. The first-order valence-corrected chi connectivity index (χ1v) is 9.26. The van der Waals surface area contributed by atoms with Gasteiger partial charge in [-0.3, -0.25) is 4.79 Å². The number of rotatable bonds is 3. The molecule has 126 valence electrons. The molecule has 4 rings (SSSR count). The fraction of sp³-hybridized carbons (Fsp3) is 0.444. The molecule has 24 heavy (non-hydrogen) atoms. The van der Waals surface area contributed by atoms with E-state index in [1.807, 2.05) is 17.0 Å². The number of aryl methyl sites for hydroxylation is 1. The van der Waals surface area contributed by atoms with Gasteiger partial charge in [0.15, 0.2) is 11.5 Å². The van der Waals surface area contributed by atoms with Gasteiger partial charge in [-0.1, -0.05) is 6.92 Å². The molecule has 1 aromatic carbocycles. The third kappa shape index (κ3) is 2.86. The molecule has 0 spiro atoms. The van der Waals surface area contributed by atoms with Gasteiger partial charge in [0.05, 0.1) is 10.7 Å². The van der Waals surface area contributed by atoms with E-state index < -0.39 is 0 Å². The van der Waals surface area contributed by atoms with Crippen molar-refractivity contribution in [1.29, 1.82) is 0 Å². The van der Waals surface area contributed by atoms with E-state index in [9.17, 15) is 4.79 Å². The number of hydrogen-bond donors (Lipinski definition) is 0. The number of amides is 1. The Morgan fingerprint density at radius 1 is 1.38 bits per heavy atom. The number of fused-ring (bicyclic) bond motifs is 1. The molecule has 1 amide bonds. The van der Waals surface area contributed by atoms with Gasteiger partial charge in [0, 0.05) is 30.0 Å². The number of nitrogens with zero attached hydrogens (tertiary/aromatic N) is 2. The molecule has 2 aromatic rings. The first-order chi connectivity index (χ1) is 11.7. The molecule has 6 heteroatoms. The summed E-state index contributed by atoms with van der Waals surface area (Å²) >= 11 is 1.72. The number of carbonyl (C=O) groups is 1. The lowest BCUT2D eigenvalue weighted by molar-refractivity contribution is 0.0706. The number of thiazole rings is 1. The molecule has 0 bridgehead atoms. The average molecular weight is 344 g/mol. The van der Waals surface area contributed by atoms with Crippen LogP contribution < -0.4 is 9.47 Å². The van der Waals surface area contributed by atoms with Crippen molar-refractivity contribution < 1.29 is 14.3 Å². The van der Waals surface area contributed by atoms with Gasteiger partial charge >= 0.3 is 0 Å². The summed E-state index contributed by atoms with van der Waals surface area (Å²) in [4.78, 5) is 19.5. The van der Waals surface area contributed by atoms with E-state index in [1.54, 1.807) is 17.4 Å². The van der Waals surface area contributed by atoms with Crippen molar-refractivity contribution >= 4 is 17.2 Å². The van der Waals surface area contributed by atoms with Crippen molar-refractivity contribution in [1.82, 2.24) is 9.88 Å². The molecule has 0 radical (unpaired) electrons. The highest BCUT2D eigenvalue weighted by Gasteiger charge is 2.28. The van der Waals surface area contributed by atoms with E-state index in [-0.39, 0.29) is 12.7 Å². The van der Waals surface area contributed by atoms with Gasteiger partial charge in [-0.25, -0.2) is 4.98 Å². The largest absolute Gasteiger partial charge is 0.454 e. The Morgan fingerprint density at radius 3 is 3.08 bits per heavy atom. The van der Waals surface area contributed by atoms with E-state index >= 15 is 0 Å². The van der Waals surface area contributed by atoms with Crippen LogP contribution in [-0.4, -0.2) is 35.7 Å². The van der Waals surface area contributed by atoms with Gasteiger partial charge in [0.25, 0.3) is 5.91 Å². The molecule has 0 N–H and O–H groups in total. The monoisotopic (exact) mass is 344 g/mol. The number of aromatic nitrogens is 1. The molecule has 3 heterocycles. The molecule has 2 aliphatic rings. The van der Waals surface area contributed by atoms with Gasteiger partial charge in [-0.15, -0.1) is 11.3 Å². The van der Waals surface area contributed by atoms with Crippen LogP contribution in [0.25, 0.3) is 0 Å². The van der Waals surface area contributed by atoms with Gasteiger partial charge < -0.3 is 14.4 Å². The van der Waals surface area contributed by atoms with Crippen LogP contribution in [0.4, 0.5) is 0 Å².